The summed E-state index contributed by atoms with van der Waals surface area (Å²) in [5.41, 5.74) is 3.03. The number of fused-ring (bicyclic) bond motifs is 2. The Hall–Kier alpha value is -4.16. The van der Waals surface area contributed by atoms with Crippen LogP contribution in [-0.2, 0) is 13.0 Å². The monoisotopic (exact) mass is 564 g/mol. The number of hydrogen-bond donors (Lipinski definition) is 3. The second-order valence-corrected chi connectivity index (χ2v) is 9.54. The third-order valence-electron chi connectivity index (χ3n) is 6.33. The van der Waals surface area contributed by atoms with Gasteiger partial charge in [0.25, 0.3) is 0 Å². The molecule has 8 nitrogen and oxygen atoms in total. The molecule has 3 aromatic heterocycles. The normalized spacial score (nSPS) is 12.4. The Morgan fingerprint density at radius 2 is 1.85 bits per heavy atom. The van der Waals surface area contributed by atoms with E-state index < -0.39 is 17.3 Å². The maximum Gasteiger partial charge on any atom is 0.173 e. The van der Waals surface area contributed by atoms with E-state index in [1.54, 1.807) is 35.9 Å². The molecule has 0 unspecified atom stereocenters. The first-order chi connectivity index (χ1) is 19.5. The molecule has 0 amide bonds. The number of halogens is 3. The van der Waals surface area contributed by atoms with Crippen LogP contribution in [0.25, 0.3) is 16.9 Å². The first-order valence-corrected chi connectivity index (χ1v) is 13.6. The van der Waals surface area contributed by atoms with Crippen molar-refractivity contribution >= 4 is 40.2 Å². The zero-order valence-corrected chi connectivity index (χ0v) is 22.9. The number of anilines is 3. The van der Waals surface area contributed by atoms with E-state index in [1.165, 1.54) is 18.5 Å². The molecule has 2 aromatic carbocycles. The number of benzene rings is 2. The molecule has 0 saturated heterocycles. The minimum Gasteiger partial charge on any atom is -0.333 e. The van der Waals surface area contributed by atoms with Crippen LogP contribution in [0.2, 0.25) is 0 Å². The lowest BCUT2D eigenvalue weighted by Gasteiger charge is -2.16. The molecule has 40 heavy (non-hydrogen) atoms. The smallest absolute Gasteiger partial charge is 0.173 e. The van der Waals surface area contributed by atoms with Crippen LogP contribution in [-0.4, -0.2) is 31.3 Å². The van der Waals surface area contributed by atoms with E-state index in [1.807, 2.05) is 20.0 Å². The van der Waals surface area contributed by atoms with Gasteiger partial charge in [-0.15, -0.1) is 0 Å². The van der Waals surface area contributed by atoms with Crippen molar-refractivity contribution in [2.75, 3.05) is 16.6 Å². The van der Waals surface area contributed by atoms with Crippen molar-refractivity contribution < 1.29 is 13.2 Å². The minimum atomic E-state index is -0.860. The van der Waals surface area contributed by atoms with Gasteiger partial charge in [0.1, 0.15) is 29.2 Å². The van der Waals surface area contributed by atoms with Gasteiger partial charge in [-0.2, -0.15) is 5.10 Å². The molecule has 1 aliphatic heterocycles. The van der Waals surface area contributed by atoms with Crippen LogP contribution in [0.5, 0.6) is 0 Å². The Bertz CT molecular complexity index is 1670. The predicted molar refractivity (Wildman–Crippen MR) is 151 cm³/mol. The third-order valence-corrected chi connectivity index (χ3v) is 7.31. The number of nitrogens with one attached hydrogen (secondary N) is 3. The van der Waals surface area contributed by atoms with Crippen LogP contribution in [0.3, 0.4) is 0 Å². The van der Waals surface area contributed by atoms with Crippen molar-refractivity contribution in [3.05, 3.63) is 89.3 Å². The summed E-state index contributed by atoms with van der Waals surface area (Å²) in [6.07, 6.45) is 4.00. The molecule has 0 fully saturated rings. The van der Waals surface area contributed by atoms with Gasteiger partial charge in [-0.25, -0.2) is 32.8 Å². The van der Waals surface area contributed by atoms with Crippen molar-refractivity contribution in [3.8, 4) is 5.82 Å². The van der Waals surface area contributed by atoms with Gasteiger partial charge in [-0.3, -0.25) is 0 Å². The van der Waals surface area contributed by atoms with Crippen LogP contribution in [0.15, 0.2) is 59.9 Å². The Labute approximate surface area is 233 Å². The molecule has 206 valence electrons. The topological polar surface area (TPSA) is 92.6 Å². The molecule has 0 bridgehead atoms. The first kappa shape index (κ1) is 27.4. The summed E-state index contributed by atoms with van der Waals surface area (Å²) in [5.74, 6) is -1.36. The summed E-state index contributed by atoms with van der Waals surface area (Å²) >= 11 is 1.03. The van der Waals surface area contributed by atoms with Crippen LogP contribution < -0.4 is 15.4 Å². The summed E-state index contributed by atoms with van der Waals surface area (Å²) in [5, 5.41) is 10.6. The molecule has 6 rings (SSSR count). The lowest BCUT2D eigenvalue weighted by molar-refractivity contribution is 0.593. The fraction of sp³-hybridized carbons (Fsp3) is 0.214. The SMILES string of the molecule is CC.Cc1c(F)cccc1SNc1ccc(F)c(Nc2ncnc3ccc(-n4ncc5c4CNCC5)nc23)c1F. The van der Waals surface area contributed by atoms with Crippen molar-refractivity contribution in [3.63, 3.8) is 0 Å². The highest BCUT2D eigenvalue weighted by atomic mass is 32.2. The Morgan fingerprint density at radius 3 is 2.70 bits per heavy atom. The Morgan fingerprint density at radius 1 is 1.00 bits per heavy atom. The van der Waals surface area contributed by atoms with Gasteiger partial charge in [0.2, 0.25) is 0 Å². The van der Waals surface area contributed by atoms with Crippen molar-refractivity contribution in [1.82, 2.24) is 30.0 Å². The van der Waals surface area contributed by atoms with E-state index in [9.17, 15) is 8.78 Å². The van der Waals surface area contributed by atoms with Gasteiger partial charge in [-0.1, -0.05) is 19.9 Å². The molecular formula is C28H27F3N8S. The van der Waals surface area contributed by atoms with Gasteiger partial charge in [0.05, 0.1) is 23.1 Å². The fourth-order valence-corrected chi connectivity index (χ4v) is 5.02. The molecule has 3 N–H and O–H groups in total. The molecule has 12 heteroatoms. The summed E-state index contributed by atoms with van der Waals surface area (Å²) in [7, 11) is 0. The molecule has 1 aliphatic rings. The summed E-state index contributed by atoms with van der Waals surface area (Å²) in [6, 6.07) is 10.6. The number of hydrogen-bond acceptors (Lipinski definition) is 8. The van der Waals surface area contributed by atoms with E-state index in [0.29, 0.717) is 33.9 Å². The van der Waals surface area contributed by atoms with E-state index in [2.05, 4.69) is 35.4 Å². The average molecular weight is 565 g/mol. The largest absolute Gasteiger partial charge is 0.333 e. The second-order valence-electron chi connectivity index (χ2n) is 8.69. The van der Waals surface area contributed by atoms with E-state index >= 15 is 4.39 Å². The third kappa shape index (κ3) is 5.32. The van der Waals surface area contributed by atoms with Crippen LogP contribution >= 0.6 is 11.9 Å². The molecule has 0 spiro atoms. The van der Waals surface area contributed by atoms with Gasteiger partial charge in [0.15, 0.2) is 17.5 Å². The minimum absolute atomic E-state index is 0.0187. The van der Waals surface area contributed by atoms with Gasteiger partial charge in [0, 0.05) is 17.0 Å². The summed E-state index contributed by atoms with van der Waals surface area (Å²) in [4.78, 5) is 13.7. The number of nitrogens with zero attached hydrogens (tertiary/aromatic N) is 5. The van der Waals surface area contributed by atoms with Gasteiger partial charge < -0.3 is 15.4 Å². The standard InChI is InChI=1S/C26H21F3N8S.C2H6/c1-14-16(27)3-2-4-21(14)38-36-18-6-5-17(28)24(23(18)29)35-26-25-19(31-13-32-26)7-8-22(34-25)37-20-12-30-10-9-15(20)11-33-37;1-2/h2-8,11,13,30,36H,9-10,12H2,1H3,(H,31,32,35);1-2H3. The highest BCUT2D eigenvalue weighted by molar-refractivity contribution is 8.00. The zero-order chi connectivity index (χ0) is 28.2. The van der Waals surface area contributed by atoms with E-state index in [0.717, 1.165) is 42.2 Å². The average Bonchev–Trinajstić information content (AvgIpc) is 3.42. The summed E-state index contributed by atoms with van der Waals surface area (Å²) in [6.45, 7) is 7.18. The molecule has 0 aliphatic carbocycles. The molecule has 0 atom stereocenters. The predicted octanol–water partition coefficient (Wildman–Crippen LogP) is 6.47. The van der Waals surface area contributed by atoms with Gasteiger partial charge in [-0.05, 0) is 73.8 Å². The second kappa shape index (κ2) is 11.9. The Kier molecular flexibility index (Phi) is 8.17. The maximum absolute atomic E-state index is 15.5. The highest BCUT2D eigenvalue weighted by Crippen LogP contribution is 2.33. The number of pyridine rings is 1. The fourth-order valence-electron chi connectivity index (χ4n) is 4.24. The van der Waals surface area contributed by atoms with Crippen LogP contribution in [0.4, 0.5) is 30.4 Å². The first-order valence-electron chi connectivity index (χ1n) is 12.8. The summed E-state index contributed by atoms with van der Waals surface area (Å²) < 4.78 is 48.7. The van der Waals surface area contributed by atoms with Crippen molar-refractivity contribution in [2.24, 2.45) is 0 Å². The highest BCUT2D eigenvalue weighted by Gasteiger charge is 2.19. The molecule has 0 radical (unpaired) electrons. The quantitative estimate of drug-likeness (QED) is 0.202. The van der Waals surface area contributed by atoms with Crippen molar-refractivity contribution in [2.45, 2.75) is 38.6 Å². The molecule has 5 aromatic rings. The van der Waals surface area contributed by atoms with E-state index in [4.69, 9.17) is 0 Å². The van der Waals surface area contributed by atoms with Gasteiger partial charge >= 0.3 is 0 Å². The molecule has 4 heterocycles. The zero-order valence-electron chi connectivity index (χ0n) is 22.1. The van der Waals surface area contributed by atoms with E-state index in [-0.39, 0.29) is 17.3 Å². The number of rotatable bonds is 6. The number of aromatic nitrogens is 5. The lowest BCUT2D eigenvalue weighted by Crippen LogP contribution is -2.25. The van der Waals surface area contributed by atoms with Crippen LogP contribution in [0, 0.1) is 24.4 Å². The van der Waals surface area contributed by atoms with Crippen molar-refractivity contribution in [1.29, 1.82) is 0 Å². The maximum atomic E-state index is 15.5. The van der Waals surface area contributed by atoms with Crippen LogP contribution in [0.1, 0.15) is 30.7 Å². The molecular weight excluding hydrogens is 537 g/mol. The molecule has 0 saturated carbocycles. The lowest BCUT2D eigenvalue weighted by atomic mass is 10.1. The Balaban J connectivity index is 0.00000158.